The molecule has 0 N–H and O–H groups in total. The Hall–Kier alpha value is -2.65. The minimum Gasteiger partial charge on any atom is -0.446 e. The maximum Gasteiger partial charge on any atom is 0.335 e. The summed E-state index contributed by atoms with van der Waals surface area (Å²) in [6.07, 6.45) is 5.96. The lowest BCUT2D eigenvalue weighted by atomic mass is 9.77. The van der Waals surface area contributed by atoms with Crippen molar-refractivity contribution in [1.82, 2.24) is 4.90 Å². The number of carbonyl (C=O) groups excluding carboxylic acids is 1. The zero-order valence-corrected chi connectivity index (χ0v) is 17.3. The van der Waals surface area contributed by atoms with E-state index in [2.05, 4.69) is 67.3 Å². The van der Waals surface area contributed by atoms with Gasteiger partial charge in [0.15, 0.2) is 5.60 Å². The molecule has 2 aliphatic heterocycles. The van der Waals surface area contributed by atoms with E-state index in [4.69, 9.17) is 4.74 Å². The van der Waals surface area contributed by atoms with Crippen molar-refractivity contribution in [2.75, 3.05) is 19.6 Å². The lowest BCUT2D eigenvalue weighted by Crippen LogP contribution is -2.39. The van der Waals surface area contributed by atoms with Gasteiger partial charge in [-0.05, 0) is 29.9 Å². The number of hydrogen-bond acceptors (Lipinski definition) is 3. The molecule has 2 aliphatic rings. The van der Waals surface area contributed by atoms with Gasteiger partial charge in [0.2, 0.25) is 0 Å². The minimum atomic E-state index is -0.621. The second kappa shape index (κ2) is 8.38. The summed E-state index contributed by atoms with van der Waals surface area (Å²) in [5, 5.41) is 0. The highest BCUT2D eigenvalue weighted by Gasteiger charge is 2.50. The van der Waals surface area contributed by atoms with Gasteiger partial charge in [0.1, 0.15) is 0 Å². The van der Waals surface area contributed by atoms with Gasteiger partial charge in [0.25, 0.3) is 0 Å². The van der Waals surface area contributed by atoms with Gasteiger partial charge >= 0.3 is 5.97 Å². The van der Waals surface area contributed by atoms with E-state index in [-0.39, 0.29) is 5.97 Å². The van der Waals surface area contributed by atoms with E-state index in [0.717, 1.165) is 43.6 Å². The summed E-state index contributed by atoms with van der Waals surface area (Å²) in [7, 11) is 0. The largest absolute Gasteiger partial charge is 0.446 e. The summed E-state index contributed by atoms with van der Waals surface area (Å²) in [6, 6.07) is 20.6. The first kappa shape index (κ1) is 19.7. The molecule has 1 unspecified atom stereocenters. The molecular weight excluding hydrogens is 358 g/mol. The minimum absolute atomic E-state index is 0.121. The van der Waals surface area contributed by atoms with Crippen LogP contribution in [0.5, 0.6) is 0 Å². The summed E-state index contributed by atoms with van der Waals surface area (Å²) >= 11 is 0. The molecule has 3 heteroatoms. The number of carbonyl (C=O) groups is 1. The fraction of sp³-hybridized carbons (Fsp3) is 0.346. The maximum absolute atomic E-state index is 12.8. The standard InChI is InChI=1S/C26H29NO2/c1-20(2)18-26(22-13-7-4-8-14-22)24-19-27(17-15-23(24)25(28)29-26)16-9-12-21-10-5-3-6-11-21/h3-14,20H,15-19H2,1-2H3/b12-9+. The summed E-state index contributed by atoms with van der Waals surface area (Å²) < 4.78 is 6.16. The molecule has 0 spiro atoms. The van der Waals surface area contributed by atoms with E-state index in [1.807, 2.05) is 24.3 Å². The second-order valence-electron chi connectivity index (χ2n) is 8.44. The quantitative estimate of drug-likeness (QED) is 0.638. The van der Waals surface area contributed by atoms with E-state index in [0.29, 0.717) is 5.92 Å². The molecule has 0 amide bonds. The van der Waals surface area contributed by atoms with Gasteiger partial charge in [-0.1, -0.05) is 86.7 Å². The predicted molar refractivity (Wildman–Crippen MR) is 117 cm³/mol. The van der Waals surface area contributed by atoms with Crippen molar-refractivity contribution in [1.29, 1.82) is 0 Å². The van der Waals surface area contributed by atoms with Crippen molar-refractivity contribution in [3.8, 4) is 0 Å². The average Bonchev–Trinajstić information content (AvgIpc) is 3.01. The SMILES string of the molecule is CC(C)CC1(c2ccccc2)OC(=O)C2=C1CN(C/C=C/c1ccccc1)CC2. The van der Waals surface area contributed by atoms with E-state index < -0.39 is 5.60 Å². The normalized spacial score (nSPS) is 22.4. The van der Waals surface area contributed by atoms with Crippen LogP contribution in [0.2, 0.25) is 0 Å². The molecule has 1 atom stereocenters. The molecule has 0 aromatic heterocycles. The number of ether oxygens (including phenoxy) is 1. The number of nitrogens with zero attached hydrogens (tertiary/aromatic N) is 1. The van der Waals surface area contributed by atoms with Crippen molar-refractivity contribution in [3.05, 3.63) is 89.0 Å². The van der Waals surface area contributed by atoms with Crippen LogP contribution in [0, 0.1) is 5.92 Å². The Balaban J connectivity index is 1.59. The molecule has 4 rings (SSSR count). The molecule has 0 fully saturated rings. The van der Waals surface area contributed by atoms with Gasteiger partial charge in [-0.25, -0.2) is 4.79 Å². The lowest BCUT2D eigenvalue weighted by Gasteiger charge is -2.36. The van der Waals surface area contributed by atoms with Crippen LogP contribution < -0.4 is 0 Å². The highest BCUT2D eigenvalue weighted by molar-refractivity contribution is 5.93. The number of esters is 1. The first-order valence-electron chi connectivity index (χ1n) is 10.5. The van der Waals surface area contributed by atoms with E-state index in [9.17, 15) is 4.79 Å². The molecule has 0 saturated carbocycles. The molecule has 2 aromatic carbocycles. The summed E-state index contributed by atoms with van der Waals surface area (Å²) in [4.78, 5) is 15.2. The maximum atomic E-state index is 12.8. The molecule has 2 aromatic rings. The lowest BCUT2D eigenvalue weighted by molar-refractivity contribution is -0.149. The number of cyclic esters (lactones) is 1. The average molecular weight is 388 g/mol. The highest BCUT2D eigenvalue weighted by atomic mass is 16.6. The Kier molecular flexibility index (Phi) is 5.68. The zero-order valence-electron chi connectivity index (χ0n) is 17.3. The fourth-order valence-corrected chi connectivity index (χ4v) is 4.55. The number of benzene rings is 2. The van der Waals surface area contributed by atoms with Gasteiger partial charge in [0, 0.05) is 30.8 Å². The molecule has 2 heterocycles. The third kappa shape index (κ3) is 4.06. The summed E-state index contributed by atoms with van der Waals surface area (Å²) in [6.45, 7) is 6.92. The first-order valence-corrected chi connectivity index (χ1v) is 10.5. The highest BCUT2D eigenvalue weighted by Crippen LogP contribution is 2.48. The molecule has 0 saturated heterocycles. The Bertz CT molecular complexity index is 914. The van der Waals surface area contributed by atoms with Gasteiger partial charge in [-0.15, -0.1) is 0 Å². The van der Waals surface area contributed by atoms with Crippen LogP contribution in [-0.4, -0.2) is 30.5 Å². The van der Waals surface area contributed by atoms with Crippen LogP contribution in [0.25, 0.3) is 6.08 Å². The smallest absolute Gasteiger partial charge is 0.335 e. The molecule has 0 bridgehead atoms. The topological polar surface area (TPSA) is 29.5 Å². The van der Waals surface area contributed by atoms with E-state index in [1.54, 1.807) is 0 Å². The van der Waals surface area contributed by atoms with Gasteiger partial charge in [-0.3, -0.25) is 4.90 Å². The molecule has 3 nitrogen and oxygen atoms in total. The molecule has 150 valence electrons. The summed E-state index contributed by atoms with van der Waals surface area (Å²) in [5.41, 5.74) is 3.75. The Morgan fingerprint density at radius 2 is 1.76 bits per heavy atom. The van der Waals surface area contributed by atoms with Crippen molar-refractivity contribution < 1.29 is 9.53 Å². The van der Waals surface area contributed by atoms with Crippen LogP contribution in [-0.2, 0) is 15.1 Å². The monoisotopic (exact) mass is 387 g/mol. The van der Waals surface area contributed by atoms with Crippen molar-refractivity contribution in [2.45, 2.75) is 32.3 Å². The third-order valence-corrected chi connectivity index (χ3v) is 5.83. The van der Waals surface area contributed by atoms with Crippen molar-refractivity contribution >= 4 is 12.0 Å². The van der Waals surface area contributed by atoms with Gasteiger partial charge in [-0.2, -0.15) is 0 Å². The van der Waals surface area contributed by atoms with Crippen molar-refractivity contribution in [3.63, 3.8) is 0 Å². The second-order valence-corrected chi connectivity index (χ2v) is 8.44. The zero-order chi connectivity index (χ0) is 20.3. The predicted octanol–water partition coefficient (Wildman–Crippen LogP) is 5.20. The molecule has 0 radical (unpaired) electrons. The summed E-state index contributed by atoms with van der Waals surface area (Å²) in [5.74, 6) is 0.298. The van der Waals surface area contributed by atoms with Gasteiger partial charge < -0.3 is 4.74 Å². The van der Waals surface area contributed by atoms with Crippen LogP contribution in [0.3, 0.4) is 0 Å². The van der Waals surface area contributed by atoms with Crippen LogP contribution in [0.15, 0.2) is 77.9 Å². The van der Waals surface area contributed by atoms with Crippen LogP contribution in [0.4, 0.5) is 0 Å². The van der Waals surface area contributed by atoms with Crippen molar-refractivity contribution in [2.24, 2.45) is 5.92 Å². The van der Waals surface area contributed by atoms with Gasteiger partial charge in [0.05, 0.1) is 0 Å². The van der Waals surface area contributed by atoms with Crippen LogP contribution >= 0.6 is 0 Å². The number of hydrogen-bond donors (Lipinski definition) is 0. The van der Waals surface area contributed by atoms with Crippen LogP contribution in [0.1, 0.15) is 37.8 Å². The Morgan fingerprint density at radius 1 is 1.07 bits per heavy atom. The Morgan fingerprint density at radius 3 is 2.45 bits per heavy atom. The first-order chi connectivity index (χ1) is 14.1. The Labute approximate surface area is 173 Å². The number of rotatable bonds is 6. The third-order valence-electron chi connectivity index (χ3n) is 5.83. The molecular formula is C26H29NO2. The fourth-order valence-electron chi connectivity index (χ4n) is 4.55. The van der Waals surface area contributed by atoms with E-state index in [1.165, 1.54) is 11.1 Å². The van der Waals surface area contributed by atoms with E-state index >= 15 is 0 Å². The molecule has 0 aliphatic carbocycles. The molecule has 29 heavy (non-hydrogen) atoms.